The van der Waals surface area contributed by atoms with E-state index in [0.717, 1.165) is 35.7 Å². The predicted octanol–water partition coefficient (Wildman–Crippen LogP) is 4.62. The van der Waals surface area contributed by atoms with Gasteiger partial charge in [-0.05, 0) is 69.6 Å². The Labute approximate surface area is 266 Å². The first kappa shape index (κ1) is 33.8. The molecule has 45 heavy (non-hydrogen) atoms. The Hall–Kier alpha value is -4.05. The van der Waals surface area contributed by atoms with Gasteiger partial charge in [-0.1, -0.05) is 69.7 Å². The third-order valence-corrected chi connectivity index (χ3v) is 8.44. The summed E-state index contributed by atoms with van der Waals surface area (Å²) in [5, 5.41) is 8.03. The molecule has 5 atom stereocenters. The van der Waals surface area contributed by atoms with Crippen molar-refractivity contribution in [1.82, 2.24) is 26.1 Å². The Morgan fingerprint density at radius 2 is 1.80 bits per heavy atom. The molecule has 10 nitrogen and oxygen atoms in total. The monoisotopic (exact) mass is 617 g/mol. The largest absolute Gasteiger partial charge is 0.455 e. The highest BCUT2D eigenvalue weighted by molar-refractivity contribution is 5.93. The molecule has 2 heterocycles. The van der Waals surface area contributed by atoms with Gasteiger partial charge in [0.15, 0.2) is 0 Å². The van der Waals surface area contributed by atoms with Crippen LogP contribution in [0.15, 0.2) is 49.1 Å². The van der Waals surface area contributed by atoms with Gasteiger partial charge >= 0.3 is 5.97 Å². The molecule has 0 bridgehead atoms. The number of rotatable bonds is 13. The first-order chi connectivity index (χ1) is 21.5. The molecule has 0 radical (unpaired) electrons. The van der Waals surface area contributed by atoms with Gasteiger partial charge < -0.3 is 15.4 Å². The van der Waals surface area contributed by atoms with Crippen molar-refractivity contribution in [2.75, 3.05) is 6.54 Å². The number of allylic oxidation sites excluding steroid dienone is 1. The SMILES string of the molecule is C=Cc1ccc2ccc([C@@H](C)OC(=O)[C@@H]3CCCN(C(=O)[C@H](C)NC(=O)[C@@H](NC(=O)[C@@H](/C=C/C)CC4CC4)C(C)C)N3)nc2c1. The Morgan fingerprint density at radius 1 is 1.07 bits per heavy atom. The number of hydrazine groups is 1. The molecule has 1 aliphatic carbocycles. The number of nitrogens with zero attached hydrogens (tertiary/aromatic N) is 2. The second kappa shape index (κ2) is 15.3. The minimum absolute atomic E-state index is 0.179. The van der Waals surface area contributed by atoms with Crippen molar-refractivity contribution >= 4 is 40.7 Å². The summed E-state index contributed by atoms with van der Waals surface area (Å²) in [6.07, 6.45) is 9.04. The number of hydrogen-bond acceptors (Lipinski definition) is 7. The second-order valence-corrected chi connectivity index (χ2v) is 12.6. The van der Waals surface area contributed by atoms with E-state index in [4.69, 9.17) is 4.74 Å². The molecule has 1 aromatic carbocycles. The van der Waals surface area contributed by atoms with Crippen molar-refractivity contribution < 1.29 is 23.9 Å². The third kappa shape index (κ3) is 9.00. The van der Waals surface area contributed by atoms with E-state index in [1.54, 1.807) is 19.9 Å². The van der Waals surface area contributed by atoms with Crippen molar-refractivity contribution in [1.29, 1.82) is 0 Å². The fourth-order valence-electron chi connectivity index (χ4n) is 5.55. The van der Waals surface area contributed by atoms with Crippen LogP contribution in [-0.4, -0.2) is 58.4 Å². The van der Waals surface area contributed by atoms with E-state index < -0.39 is 36.1 Å². The highest BCUT2D eigenvalue weighted by atomic mass is 16.5. The zero-order chi connectivity index (χ0) is 32.7. The second-order valence-electron chi connectivity index (χ2n) is 12.6. The summed E-state index contributed by atoms with van der Waals surface area (Å²) in [6.45, 7) is 13.2. The van der Waals surface area contributed by atoms with Gasteiger partial charge in [0.25, 0.3) is 5.91 Å². The zero-order valence-corrected chi connectivity index (χ0v) is 27.0. The van der Waals surface area contributed by atoms with E-state index in [1.165, 1.54) is 5.01 Å². The van der Waals surface area contributed by atoms with Crippen molar-refractivity contribution in [3.05, 3.63) is 60.3 Å². The van der Waals surface area contributed by atoms with Gasteiger partial charge in [0.1, 0.15) is 24.2 Å². The molecule has 3 amide bonds. The molecule has 1 aromatic heterocycles. The fourth-order valence-corrected chi connectivity index (χ4v) is 5.55. The highest BCUT2D eigenvalue weighted by Gasteiger charge is 2.35. The lowest BCUT2D eigenvalue weighted by Gasteiger charge is -2.35. The number of hydrogen-bond donors (Lipinski definition) is 3. The molecular weight excluding hydrogens is 570 g/mol. The van der Waals surface area contributed by atoms with Crippen LogP contribution in [0.3, 0.4) is 0 Å². The maximum Gasteiger partial charge on any atom is 0.325 e. The molecular formula is C35H47N5O5. The van der Waals surface area contributed by atoms with Crippen LogP contribution in [0.2, 0.25) is 0 Å². The van der Waals surface area contributed by atoms with Crippen molar-refractivity contribution in [3.63, 3.8) is 0 Å². The van der Waals surface area contributed by atoms with E-state index in [2.05, 4.69) is 27.6 Å². The van der Waals surface area contributed by atoms with Gasteiger partial charge in [0.2, 0.25) is 11.8 Å². The molecule has 0 unspecified atom stereocenters. The predicted molar refractivity (Wildman–Crippen MR) is 174 cm³/mol. The minimum Gasteiger partial charge on any atom is -0.455 e. The summed E-state index contributed by atoms with van der Waals surface area (Å²) in [6, 6.07) is 7.25. The molecule has 1 saturated heterocycles. The smallest absolute Gasteiger partial charge is 0.325 e. The molecule has 0 spiro atoms. The number of amides is 3. The molecule has 4 rings (SSSR count). The number of aromatic nitrogens is 1. The van der Waals surface area contributed by atoms with E-state index in [1.807, 2.05) is 63.3 Å². The van der Waals surface area contributed by atoms with Gasteiger partial charge in [-0.2, -0.15) is 0 Å². The van der Waals surface area contributed by atoms with Crippen molar-refractivity contribution in [2.45, 2.75) is 91.0 Å². The molecule has 2 fully saturated rings. The summed E-state index contributed by atoms with van der Waals surface area (Å²) in [5.74, 6) is -1.37. The van der Waals surface area contributed by atoms with Crippen molar-refractivity contribution in [2.24, 2.45) is 17.8 Å². The quantitative estimate of drug-likeness (QED) is 0.221. The lowest BCUT2D eigenvalue weighted by Crippen LogP contribution is -2.61. The van der Waals surface area contributed by atoms with E-state index in [0.29, 0.717) is 31.0 Å². The van der Waals surface area contributed by atoms with Crippen LogP contribution < -0.4 is 16.1 Å². The first-order valence-corrected chi connectivity index (χ1v) is 16.1. The Bertz CT molecular complexity index is 1430. The van der Waals surface area contributed by atoms with Gasteiger partial charge in [-0.3, -0.25) is 24.2 Å². The molecule has 1 aliphatic heterocycles. The summed E-state index contributed by atoms with van der Waals surface area (Å²) < 4.78 is 5.76. The van der Waals surface area contributed by atoms with Gasteiger partial charge in [0.05, 0.1) is 17.1 Å². The molecule has 3 N–H and O–H groups in total. The normalized spacial score (nSPS) is 19.5. The van der Waals surface area contributed by atoms with Crippen LogP contribution in [0.25, 0.3) is 17.0 Å². The standard InChI is InChI=1S/C35H47N5O5/c1-7-10-27(19-25-12-13-25)32(41)38-31(21(3)4)33(42)36-22(5)34(43)40-18-9-11-29(39-40)35(44)45-23(6)28-17-16-26-15-14-24(8-2)20-30(26)37-28/h7-8,10,14-17,20-23,25,27,29,31,39H,2,9,11-13,18-19H2,1,3-6H3,(H,36,42)(H,38,41)/b10-7+/t22-,23+,27-,29-,31-/m0/s1. The fraction of sp³-hybridized carbons (Fsp3) is 0.514. The number of carbonyl (C=O) groups is 4. The Morgan fingerprint density at radius 3 is 2.47 bits per heavy atom. The maximum atomic E-state index is 13.3. The molecule has 10 heteroatoms. The number of ether oxygens (including phenoxy) is 1. The molecule has 2 aromatic rings. The van der Waals surface area contributed by atoms with Gasteiger partial charge in [-0.25, -0.2) is 10.4 Å². The van der Waals surface area contributed by atoms with Crippen LogP contribution in [0.4, 0.5) is 0 Å². The highest BCUT2D eigenvalue weighted by Crippen LogP contribution is 2.36. The van der Waals surface area contributed by atoms with Gasteiger partial charge in [0, 0.05) is 11.9 Å². The maximum absolute atomic E-state index is 13.3. The summed E-state index contributed by atoms with van der Waals surface area (Å²) in [4.78, 5) is 57.5. The van der Waals surface area contributed by atoms with Crippen LogP contribution in [0.1, 0.15) is 84.1 Å². The van der Waals surface area contributed by atoms with Crippen LogP contribution in [0.5, 0.6) is 0 Å². The minimum atomic E-state index is -0.878. The Balaban J connectivity index is 1.32. The van der Waals surface area contributed by atoms with E-state index in [-0.39, 0.29) is 23.7 Å². The number of carbonyl (C=O) groups excluding carboxylic acids is 4. The lowest BCUT2D eigenvalue weighted by atomic mass is 9.97. The lowest BCUT2D eigenvalue weighted by molar-refractivity contribution is -0.157. The van der Waals surface area contributed by atoms with Crippen LogP contribution >= 0.6 is 0 Å². The number of nitrogens with one attached hydrogen (secondary N) is 3. The number of esters is 1. The number of benzene rings is 1. The first-order valence-electron chi connectivity index (χ1n) is 16.1. The number of pyridine rings is 1. The average molecular weight is 618 g/mol. The number of fused-ring (bicyclic) bond motifs is 1. The molecule has 2 aliphatic rings. The third-order valence-electron chi connectivity index (χ3n) is 8.44. The summed E-state index contributed by atoms with van der Waals surface area (Å²) in [5.41, 5.74) is 5.35. The van der Waals surface area contributed by atoms with Crippen LogP contribution in [-0.2, 0) is 23.9 Å². The van der Waals surface area contributed by atoms with Crippen molar-refractivity contribution in [3.8, 4) is 0 Å². The summed E-state index contributed by atoms with van der Waals surface area (Å²) in [7, 11) is 0. The Kier molecular flexibility index (Phi) is 11.5. The summed E-state index contributed by atoms with van der Waals surface area (Å²) >= 11 is 0. The molecule has 1 saturated carbocycles. The van der Waals surface area contributed by atoms with E-state index >= 15 is 0 Å². The zero-order valence-electron chi connectivity index (χ0n) is 27.0. The molecule has 242 valence electrons. The van der Waals surface area contributed by atoms with Crippen LogP contribution in [0, 0.1) is 17.8 Å². The van der Waals surface area contributed by atoms with E-state index in [9.17, 15) is 19.2 Å². The van der Waals surface area contributed by atoms with Gasteiger partial charge in [-0.15, -0.1) is 0 Å². The topological polar surface area (TPSA) is 130 Å². The average Bonchev–Trinajstić information content (AvgIpc) is 3.86.